The van der Waals surface area contributed by atoms with E-state index in [0.29, 0.717) is 25.7 Å². The first-order valence-electron chi connectivity index (χ1n) is 11.6. The summed E-state index contributed by atoms with van der Waals surface area (Å²) in [7, 11) is 0. The first-order valence-corrected chi connectivity index (χ1v) is 11.6. The molecule has 34 heavy (non-hydrogen) atoms. The molecule has 1 aliphatic rings. The van der Waals surface area contributed by atoms with Gasteiger partial charge >= 0.3 is 5.97 Å². The molecule has 1 aliphatic carbocycles. The molecule has 172 valence electrons. The molecule has 0 aliphatic heterocycles. The van der Waals surface area contributed by atoms with Crippen LogP contribution in [0, 0.1) is 6.92 Å². The van der Waals surface area contributed by atoms with Gasteiger partial charge in [-0.25, -0.2) is 0 Å². The minimum Gasteiger partial charge on any atom is -0.481 e. The number of aliphatic hydroxyl groups excluding tert-OH is 1. The summed E-state index contributed by atoms with van der Waals surface area (Å²) in [4.78, 5) is 11.6. The van der Waals surface area contributed by atoms with Crippen LogP contribution in [0.3, 0.4) is 0 Å². The van der Waals surface area contributed by atoms with Crippen molar-refractivity contribution >= 4 is 5.97 Å². The Hall–Kier alpha value is -3.70. The van der Waals surface area contributed by atoms with Crippen molar-refractivity contribution in [3.63, 3.8) is 0 Å². The number of rotatable bonds is 8. The van der Waals surface area contributed by atoms with Crippen molar-refractivity contribution in [2.24, 2.45) is 0 Å². The molecule has 5 rings (SSSR count). The van der Waals surface area contributed by atoms with Gasteiger partial charge in [0.1, 0.15) is 0 Å². The highest BCUT2D eigenvalue weighted by Crippen LogP contribution is 2.48. The van der Waals surface area contributed by atoms with Crippen LogP contribution in [0.15, 0.2) is 83.4 Å². The van der Waals surface area contributed by atoms with E-state index in [1.165, 1.54) is 0 Å². The summed E-state index contributed by atoms with van der Waals surface area (Å²) >= 11 is 0. The number of aromatic nitrogens is 1. The van der Waals surface area contributed by atoms with Crippen LogP contribution in [-0.2, 0) is 16.6 Å². The van der Waals surface area contributed by atoms with Gasteiger partial charge in [0.2, 0.25) is 0 Å². The smallest absolute Gasteiger partial charge is 0.314 e. The van der Waals surface area contributed by atoms with E-state index in [1.54, 1.807) is 0 Å². The quantitative estimate of drug-likeness (QED) is 0.337. The molecule has 0 saturated heterocycles. The van der Waals surface area contributed by atoms with Crippen molar-refractivity contribution in [2.45, 2.75) is 44.1 Å². The number of aliphatic carboxylic acids is 1. The fourth-order valence-corrected chi connectivity index (χ4v) is 4.58. The van der Waals surface area contributed by atoms with E-state index in [2.05, 4.69) is 5.16 Å². The fourth-order valence-electron chi connectivity index (χ4n) is 4.58. The van der Waals surface area contributed by atoms with Crippen molar-refractivity contribution in [3.8, 4) is 22.5 Å². The summed E-state index contributed by atoms with van der Waals surface area (Å²) in [6.45, 7) is 1.93. The van der Waals surface area contributed by atoms with Crippen LogP contribution in [0.2, 0.25) is 0 Å². The topological polar surface area (TPSA) is 83.6 Å². The predicted octanol–water partition coefficient (Wildman–Crippen LogP) is 6.10. The summed E-state index contributed by atoms with van der Waals surface area (Å²) in [5.41, 5.74) is 5.97. The van der Waals surface area contributed by atoms with Gasteiger partial charge in [0, 0.05) is 11.1 Å². The monoisotopic (exact) mass is 453 g/mol. The van der Waals surface area contributed by atoms with Gasteiger partial charge in [-0.2, -0.15) is 0 Å². The average Bonchev–Trinajstić information content (AvgIpc) is 3.61. The molecule has 0 amide bonds. The Bertz CT molecular complexity index is 1290. The SMILES string of the molecule is Cc1noc(-c2ccc(-c3ccc(C4(C(=O)O)CC4)cc3)cc2)c1CCC(O)c1ccccc1. The van der Waals surface area contributed by atoms with Gasteiger partial charge in [-0.3, -0.25) is 4.79 Å². The van der Waals surface area contributed by atoms with Crippen molar-refractivity contribution in [1.29, 1.82) is 0 Å². The Kier molecular flexibility index (Phi) is 5.80. The minimum atomic E-state index is -0.737. The Morgan fingerprint density at radius 3 is 2.12 bits per heavy atom. The second-order valence-corrected chi connectivity index (χ2v) is 9.08. The van der Waals surface area contributed by atoms with E-state index in [-0.39, 0.29) is 0 Å². The third-order valence-corrected chi connectivity index (χ3v) is 6.91. The van der Waals surface area contributed by atoms with Crippen LogP contribution in [0.25, 0.3) is 22.5 Å². The second-order valence-electron chi connectivity index (χ2n) is 9.08. The van der Waals surface area contributed by atoms with Crippen LogP contribution in [-0.4, -0.2) is 21.3 Å². The molecule has 0 spiro atoms. The lowest BCUT2D eigenvalue weighted by atomic mass is 9.93. The van der Waals surface area contributed by atoms with Gasteiger partial charge in [0.25, 0.3) is 0 Å². The third kappa shape index (κ3) is 4.15. The molecule has 0 radical (unpaired) electrons. The molecular weight excluding hydrogens is 426 g/mol. The van der Waals surface area contributed by atoms with E-state index in [0.717, 1.165) is 44.8 Å². The van der Waals surface area contributed by atoms with E-state index < -0.39 is 17.5 Å². The van der Waals surface area contributed by atoms with Crippen LogP contribution < -0.4 is 0 Å². The van der Waals surface area contributed by atoms with Crippen LogP contribution in [0.5, 0.6) is 0 Å². The first kappa shape index (κ1) is 22.1. The number of nitrogens with zero attached hydrogens (tertiary/aromatic N) is 1. The fraction of sp³-hybridized carbons (Fsp3) is 0.241. The zero-order valence-electron chi connectivity index (χ0n) is 19.1. The molecule has 3 aromatic carbocycles. The molecule has 1 heterocycles. The molecule has 1 atom stereocenters. The maximum atomic E-state index is 11.6. The summed E-state index contributed by atoms with van der Waals surface area (Å²) in [6.07, 6.45) is 2.12. The molecule has 5 nitrogen and oxygen atoms in total. The van der Waals surface area contributed by atoms with Crippen LogP contribution in [0.4, 0.5) is 0 Å². The van der Waals surface area contributed by atoms with Crippen LogP contribution in [0.1, 0.15) is 47.8 Å². The zero-order valence-corrected chi connectivity index (χ0v) is 19.1. The lowest BCUT2D eigenvalue weighted by Crippen LogP contribution is -2.19. The second kappa shape index (κ2) is 8.92. The number of aryl methyl sites for hydroxylation is 1. The number of carbonyl (C=O) groups is 1. The highest BCUT2D eigenvalue weighted by atomic mass is 16.5. The number of benzene rings is 3. The minimum absolute atomic E-state index is 0.537. The molecule has 1 aromatic heterocycles. The highest BCUT2D eigenvalue weighted by Gasteiger charge is 2.51. The largest absolute Gasteiger partial charge is 0.481 e. The Balaban J connectivity index is 1.32. The molecule has 1 saturated carbocycles. The van der Waals surface area contributed by atoms with E-state index in [9.17, 15) is 15.0 Å². The molecule has 1 fully saturated rings. The average molecular weight is 454 g/mol. The molecule has 4 aromatic rings. The molecule has 0 bridgehead atoms. The van der Waals surface area contributed by atoms with Crippen LogP contribution >= 0.6 is 0 Å². The van der Waals surface area contributed by atoms with Gasteiger partial charge in [0.15, 0.2) is 5.76 Å². The maximum Gasteiger partial charge on any atom is 0.314 e. The van der Waals surface area contributed by atoms with E-state index in [4.69, 9.17) is 4.52 Å². The summed E-state index contributed by atoms with van der Waals surface area (Å²) < 4.78 is 5.66. The number of hydrogen-bond donors (Lipinski definition) is 2. The predicted molar refractivity (Wildman–Crippen MR) is 130 cm³/mol. The number of carboxylic acid groups (broad SMARTS) is 1. The molecule has 2 N–H and O–H groups in total. The van der Waals surface area contributed by atoms with Crippen molar-refractivity contribution in [2.75, 3.05) is 0 Å². The number of aliphatic hydroxyl groups is 1. The first-order chi connectivity index (χ1) is 16.5. The van der Waals surface area contributed by atoms with Gasteiger partial charge in [0.05, 0.1) is 17.2 Å². The maximum absolute atomic E-state index is 11.6. The Morgan fingerprint density at radius 2 is 1.53 bits per heavy atom. The zero-order chi connectivity index (χ0) is 23.7. The molecule has 1 unspecified atom stereocenters. The van der Waals surface area contributed by atoms with Gasteiger partial charge in [-0.1, -0.05) is 84.0 Å². The lowest BCUT2D eigenvalue weighted by molar-refractivity contribution is -0.140. The third-order valence-electron chi connectivity index (χ3n) is 6.91. The summed E-state index contributed by atoms with van der Waals surface area (Å²) in [5.74, 6) is -0.00385. The summed E-state index contributed by atoms with van der Waals surface area (Å²) in [6, 6.07) is 25.6. The lowest BCUT2D eigenvalue weighted by Gasteiger charge is -2.12. The van der Waals surface area contributed by atoms with Gasteiger partial charge in [-0.15, -0.1) is 0 Å². The molecular formula is C29H27NO4. The number of carboxylic acids is 1. The van der Waals surface area contributed by atoms with Crippen molar-refractivity contribution < 1.29 is 19.5 Å². The number of hydrogen-bond acceptors (Lipinski definition) is 4. The normalized spacial score (nSPS) is 15.1. The Labute approximate surface area is 198 Å². The standard InChI is InChI=1S/C29H27NO4/c1-19-25(15-16-26(31)22-5-3-2-4-6-22)27(34-30-19)23-9-7-20(8-10-23)21-11-13-24(14-12-21)29(17-18-29)28(32)33/h2-14,26,31H,15-18H2,1H3,(H,32,33). The Morgan fingerprint density at radius 1 is 0.941 bits per heavy atom. The van der Waals surface area contributed by atoms with Gasteiger partial charge < -0.3 is 14.7 Å². The molecule has 5 heteroatoms. The van der Waals surface area contributed by atoms with E-state index in [1.807, 2.05) is 85.8 Å². The highest BCUT2D eigenvalue weighted by molar-refractivity contribution is 5.85. The van der Waals surface area contributed by atoms with E-state index >= 15 is 0 Å². The van der Waals surface area contributed by atoms with Crippen molar-refractivity contribution in [1.82, 2.24) is 5.16 Å². The van der Waals surface area contributed by atoms with Crippen molar-refractivity contribution in [3.05, 3.63) is 101 Å². The van der Waals surface area contributed by atoms with Gasteiger partial charge in [-0.05, 0) is 54.9 Å². The summed E-state index contributed by atoms with van der Waals surface area (Å²) in [5, 5.41) is 24.2.